The Labute approximate surface area is 81.7 Å². The van der Waals surface area contributed by atoms with Gasteiger partial charge in [0.2, 0.25) is 0 Å². The Morgan fingerprint density at radius 1 is 1.57 bits per heavy atom. The van der Waals surface area contributed by atoms with Crippen molar-refractivity contribution in [2.24, 2.45) is 0 Å². The summed E-state index contributed by atoms with van der Waals surface area (Å²) in [7, 11) is 0. The van der Waals surface area contributed by atoms with E-state index in [1.807, 2.05) is 0 Å². The van der Waals surface area contributed by atoms with Gasteiger partial charge in [-0.05, 0) is 19.1 Å². The number of halogens is 4. The van der Waals surface area contributed by atoms with E-state index in [0.29, 0.717) is 0 Å². The van der Waals surface area contributed by atoms with Gasteiger partial charge >= 0.3 is 12.3 Å². The molecule has 1 aromatic heterocycles. The molecule has 0 spiro atoms. The smallest absolute Gasteiger partial charge is 0.298 e. The summed E-state index contributed by atoms with van der Waals surface area (Å²) in [6.45, 7) is 0.236. The molecule has 0 atom stereocenters. The lowest BCUT2D eigenvalue weighted by atomic mass is 10.3. The fourth-order valence-corrected chi connectivity index (χ4v) is 1.10. The van der Waals surface area contributed by atoms with E-state index < -0.39 is 18.9 Å². The highest BCUT2D eigenvalue weighted by atomic mass is 32.1. The van der Waals surface area contributed by atoms with Crippen LogP contribution in [0.2, 0.25) is 0 Å². The molecular formula is C6H7F4N3S. The van der Waals surface area contributed by atoms with E-state index in [9.17, 15) is 17.6 Å². The summed E-state index contributed by atoms with van der Waals surface area (Å²) < 4.78 is 49.6. The van der Waals surface area contributed by atoms with Crippen LogP contribution in [-0.2, 0) is 6.54 Å². The molecule has 1 aromatic rings. The number of hydrogen-bond acceptors (Lipinski definition) is 2. The minimum atomic E-state index is -4.09. The molecule has 0 aliphatic heterocycles. The molecule has 8 heteroatoms. The molecule has 1 N–H and O–H groups in total. The molecule has 1 heterocycles. The number of rotatable bonds is 3. The lowest BCUT2D eigenvalue weighted by molar-refractivity contribution is -0.138. The van der Waals surface area contributed by atoms with Crippen LogP contribution in [0.5, 0.6) is 0 Å². The van der Waals surface area contributed by atoms with Crippen molar-refractivity contribution in [1.29, 1.82) is 0 Å². The Bertz CT molecular complexity index is 369. The van der Waals surface area contributed by atoms with Crippen LogP contribution < -0.4 is 0 Å². The summed E-state index contributed by atoms with van der Waals surface area (Å²) >= 11 is 4.59. The van der Waals surface area contributed by atoms with Crippen molar-refractivity contribution in [3.63, 3.8) is 0 Å². The zero-order chi connectivity index (χ0) is 10.9. The number of aromatic amines is 1. The number of nitrogens with zero attached hydrogens (tertiary/aromatic N) is 2. The maximum absolute atomic E-state index is 12.6. The van der Waals surface area contributed by atoms with E-state index in [-0.39, 0.29) is 10.6 Å². The van der Waals surface area contributed by atoms with Crippen molar-refractivity contribution in [2.75, 3.05) is 0 Å². The van der Waals surface area contributed by atoms with Gasteiger partial charge < -0.3 is 0 Å². The fourth-order valence-electron chi connectivity index (χ4n) is 0.862. The second-order valence-electron chi connectivity index (χ2n) is 2.72. The number of aromatic nitrogens is 3. The monoisotopic (exact) mass is 229 g/mol. The first-order chi connectivity index (χ1) is 6.34. The van der Waals surface area contributed by atoms with Gasteiger partial charge in [-0.15, -0.1) is 0 Å². The van der Waals surface area contributed by atoms with Crippen molar-refractivity contribution in [1.82, 2.24) is 14.8 Å². The molecule has 0 saturated carbocycles. The Kier molecular flexibility index (Phi) is 2.93. The first-order valence-electron chi connectivity index (χ1n) is 3.62. The number of alkyl halides is 4. The third-order valence-corrected chi connectivity index (χ3v) is 1.95. The minimum absolute atomic E-state index is 0.0946. The normalized spacial score (nSPS) is 12.4. The van der Waals surface area contributed by atoms with Gasteiger partial charge in [0.15, 0.2) is 4.77 Å². The Morgan fingerprint density at radius 2 is 2.14 bits per heavy atom. The first-order valence-corrected chi connectivity index (χ1v) is 4.03. The van der Waals surface area contributed by atoms with Crippen molar-refractivity contribution >= 4 is 12.2 Å². The highest BCUT2D eigenvalue weighted by Gasteiger charge is 2.41. The third-order valence-electron chi connectivity index (χ3n) is 1.64. The van der Waals surface area contributed by atoms with Crippen molar-refractivity contribution in [2.45, 2.75) is 25.8 Å². The van der Waals surface area contributed by atoms with Crippen LogP contribution in [0.25, 0.3) is 0 Å². The van der Waals surface area contributed by atoms with Gasteiger partial charge in [-0.3, -0.25) is 9.67 Å². The second-order valence-corrected chi connectivity index (χ2v) is 3.11. The summed E-state index contributed by atoms with van der Waals surface area (Å²) in [5.41, 5.74) is 0. The molecule has 14 heavy (non-hydrogen) atoms. The van der Waals surface area contributed by atoms with Gasteiger partial charge in [-0.25, -0.2) is 8.78 Å². The standard InChI is InChI=1S/C6H7F4N3S/c1-3-11-12-5(14)13(3)2-6(9,10)4(7)8/h4H,2H2,1H3,(H,12,14). The van der Waals surface area contributed by atoms with E-state index >= 15 is 0 Å². The largest absolute Gasteiger partial charge is 0.325 e. The molecule has 0 saturated heterocycles. The number of nitrogens with one attached hydrogen (secondary N) is 1. The predicted octanol–water partition coefficient (Wildman–Crippen LogP) is 2.15. The molecule has 0 unspecified atom stereocenters. The topological polar surface area (TPSA) is 33.6 Å². The van der Waals surface area contributed by atoms with E-state index in [1.165, 1.54) is 6.92 Å². The Balaban J connectivity index is 2.94. The Hall–Kier alpha value is -0.920. The summed E-state index contributed by atoms with van der Waals surface area (Å²) in [5, 5.41) is 5.76. The minimum Gasteiger partial charge on any atom is -0.298 e. The van der Waals surface area contributed by atoms with Crippen LogP contribution in [-0.4, -0.2) is 27.1 Å². The number of hydrogen-bond donors (Lipinski definition) is 1. The molecule has 0 bridgehead atoms. The lowest BCUT2D eigenvalue weighted by Gasteiger charge is -2.15. The van der Waals surface area contributed by atoms with Gasteiger partial charge in [-0.2, -0.15) is 13.9 Å². The molecule has 0 radical (unpaired) electrons. The zero-order valence-corrected chi connectivity index (χ0v) is 7.92. The Morgan fingerprint density at radius 3 is 2.50 bits per heavy atom. The maximum Gasteiger partial charge on any atom is 0.325 e. The van der Waals surface area contributed by atoms with Crippen molar-refractivity contribution in [3.05, 3.63) is 10.6 Å². The fraction of sp³-hybridized carbons (Fsp3) is 0.667. The summed E-state index contributed by atoms with van der Waals surface area (Å²) in [4.78, 5) is 0. The van der Waals surface area contributed by atoms with Gasteiger partial charge in [0.1, 0.15) is 5.82 Å². The van der Waals surface area contributed by atoms with Crippen LogP contribution in [0.4, 0.5) is 17.6 Å². The SMILES string of the molecule is Cc1n[nH]c(=S)n1CC(F)(F)C(F)F. The molecular weight excluding hydrogens is 222 g/mol. The highest BCUT2D eigenvalue weighted by molar-refractivity contribution is 7.71. The molecule has 0 aliphatic rings. The van der Waals surface area contributed by atoms with Crippen LogP contribution in [0.3, 0.4) is 0 Å². The molecule has 0 aliphatic carbocycles. The van der Waals surface area contributed by atoms with Gasteiger partial charge in [0.25, 0.3) is 0 Å². The molecule has 0 aromatic carbocycles. The van der Waals surface area contributed by atoms with E-state index in [1.54, 1.807) is 0 Å². The number of H-pyrrole nitrogens is 1. The number of aryl methyl sites for hydroxylation is 1. The molecule has 3 nitrogen and oxygen atoms in total. The van der Waals surface area contributed by atoms with Crippen LogP contribution in [0.15, 0.2) is 0 Å². The first kappa shape index (κ1) is 11.2. The maximum atomic E-state index is 12.6. The summed E-state index contributed by atoms with van der Waals surface area (Å²) in [6.07, 6.45) is -3.71. The van der Waals surface area contributed by atoms with Crippen LogP contribution >= 0.6 is 12.2 Å². The molecule has 0 amide bonds. The molecule has 80 valence electrons. The van der Waals surface area contributed by atoms with E-state index in [4.69, 9.17) is 0 Å². The van der Waals surface area contributed by atoms with Gasteiger partial charge in [0.05, 0.1) is 6.54 Å². The third kappa shape index (κ3) is 2.11. The molecule has 1 rings (SSSR count). The van der Waals surface area contributed by atoms with Gasteiger partial charge in [-0.1, -0.05) is 0 Å². The van der Waals surface area contributed by atoms with Crippen molar-refractivity contribution in [3.8, 4) is 0 Å². The average molecular weight is 229 g/mol. The van der Waals surface area contributed by atoms with Crippen molar-refractivity contribution < 1.29 is 17.6 Å². The summed E-state index contributed by atoms with van der Waals surface area (Å²) in [5.74, 6) is -3.94. The van der Waals surface area contributed by atoms with Gasteiger partial charge in [0, 0.05) is 0 Å². The second kappa shape index (κ2) is 3.68. The summed E-state index contributed by atoms with van der Waals surface area (Å²) in [6, 6.07) is 0. The van der Waals surface area contributed by atoms with E-state index in [0.717, 1.165) is 4.57 Å². The quantitative estimate of drug-likeness (QED) is 0.636. The molecule has 0 fully saturated rings. The predicted molar refractivity (Wildman–Crippen MR) is 43.1 cm³/mol. The lowest BCUT2D eigenvalue weighted by Crippen LogP contribution is -2.32. The van der Waals surface area contributed by atoms with Crippen LogP contribution in [0.1, 0.15) is 5.82 Å². The van der Waals surface area contributed by atoms with E-state index in [2.05, 4.69) is 22.4 Å². The highest BCUT2D eigenvalue weighted by Crippen LogP contribution is 2.25. The average Bonchev–Trinajstić information content (AvgIpc) is 2.35. The zero-order valence-electron chi connectivity index (χ0n) is 7.10. The van der Waals surface area contributed by atoms with Crippen LogP contribution in [0, 0.1) is 11.7 Å².